The van der Waals surface area contributed by atoms with Gasteiger partial charge in [-0.25, -0.2) is 0 Å². The van der Waals surface area contributed by atoms with Crippen molar-refractivity contribution in [2.75, 3.05) is 7.05 Å². The standard InChI is InChI=1S/C8H15N/c1-7-4-3-5-8(6-7)9-2/h4,8-9H,3,5-6H2,1-2H3/t8-/m0/s1. The molecule has 0 aromatic carbocycles. The summed E-state index contributed by atoms with van der Waals surface area (Å²) in [6, 6.07) is 0.745. The number of rotatable bonds is 1. The lowest BCUT2D eigenvalue weighted by atomic mass is 9.96. The minimum absolute atomic E-state index is 0.745. The summed E-state index contributed by atoms with van der Waals surface area (Å²) in [5.74, 6) is 0. The molecule has 0 bridgehead atoms. The Labute approximate surface area is 57.1 Å². The van der Waals surface area contributed by atoms with Crippen LogP contribution in [0.3, 0.4) is 0 Å². The lowest BCUT2D eigenvalue weighted by Crippen LogP contribution is -2.26. The third-order valence-corrected chi connectivity index (χ3v) is 1.98. The Hall–Kier alpha value is -0.300. The van der Waals surface area contributed by atoms with E-state index in [1.165, 1.54) is 19.3 Å². The van der Waals surface area contributed by atoms with Crippen LogP contribution in [-0.4, -0.2) is 13.1 Å². The van der Waals surface area contributed by atoms with E-state index in [9.17, 15) is 0 Å². The van der Waals surface area contributed by atoms with Crippen molar-refractivity contribution in [1.29, 1.82) is 0 Å². The smallest absolute Gasteiger partial charge is 0.0104 e. The minimum atomic E-state index is 0.745. The molecular weight excluding hydrogens is 110 g/mol. The van der Waals surface area contributed by atoms with E-state index in [0.29, 0.717) is 0 Å². The molecule has 1 heteroatoms. The maximum Gasteiger partial charge on any atom is 0.0104 e. The summed E-state index contributed by atoms with van der Waals surface area (Å²) in [7, 11) is 2.04. The summed E-state index contributed by atoms with van der Waals surface area (Å²) < 4.78 is 0. The van der Waals surface area contributed by atoms with E-state index in [0.717, 1.165) is 6.04 Å². The molecule has 0 aliphatic heterocycles. The number of hydrogen-bond donors (Lipinski definition) is 1. The van der Waals surface area contributed by atoms with E-state index in [-0.39, 0.29) is 0 Å². The average Bonchev–Trinajstić information content (AvgIpc) is 1.88. The summed E-state index contributed by atoms with van der Waals surface area (Å²) in [6.07, 6.45) is 6.16. The molecule has 0 heterocycles. The van der Waals surface area contributed by atoms with Crippen molar-refractivity contribution in [2.24, 2.45) is 0 Å². The zero-order valence-electron chi connectivity index (χ0n) is 6.28. The van der Waals surface area contributed by atoms with Crippen LogP contribution in [0.15, 0.2) is 11.6 Å². The average molecular weight is 125 g/mol. The molecule has 0 unspecified atom stereocenters. The molecule has 9 heavy (non-hydrogen) atoms. The zero-order valence-corrected chi connectivity index (χ0v) is 6.28. The number of allylic oxidation sites excluding steroid dienone is 1. The van der Waals surface area contributed by atoms with Crippen LogP contribution in [0.25, 0.3) is 0 Å². The third kappa shape index (κ3) is 1.83. The van der Waals surface area contributed by atoms with Gasteiger partial charge in [0.2, 0.25) is 0 Å². The van der Waals surface area contributed by atoms with Gasteiger partial charge in [0.25, 0.3) is 0 Å². The molecule has 0 aromatic rings. The Kier molecular flexibility index (Phi) is 2.29. The van der Waals surface area contributed by atoms with Gasteiger partial charge in [-0.2, -0.15) is 0 Å². The van der Waals surface area contributed by atoms with E-state index in [1.807, 2.05) is 7.05 Å². The van der Waals surface area contributed by atoms with Crippen LogP contribution in [0.5, 0.6) is 0 Å². The van der Waals surface area contributed by atoms with E-state index in [1.54, 1.807) is 5.57 Å². The van der Waals surface area contributed by atoms with Crippen molar-refractivity contribution in [3.05, 3.63) is 11.6 Å². The quantitative estimate of drug-likeness (QED) is 0.526. The van der Waals surface area contributed by atoms with Crippen molar-refractivity contribution in [2.45, 2.75) is 32.2 Å². The largest absolute Gasteiger partial charge is 0.317 e. The summed E-state index contributed by atoms with van der Waals surface area (Å²) >= 11 is 0. The maximum absolute atomic E-state index is 3.29. The van der Waals surface area contributed by atoms with Crippen LogP contribution in [0.4, 0.5) is 0 Å². The summed E-state index contributed by atoms with van der Waals surface area (Å²) in [5.41, 5.74) is 1.54. The van der Waals surface area contributed by atoms with Crippen molar-refractivity contribution < 1.29 is 0 Å². The van der Waals surface area contributed by atoms with Crippen molar-refractivity contribution >= 4 is 0 Å². The highest BCUT2D eigenvalue weighted by atomic mass is 14.9. The molecule has 52 valence electrons. The van der Waals surface area contributed by atoms with Crippen molar-refractivity contribution in [1.82, 2.24) is 5.32 Å². The predicted octanol–water partition coefficient (Wildman–Crippen LogP) is 1.70. The number of nitrogens with one attached hydrogen (secondary N) is 1. The van der Waals surface area contributed by atoms with Gasteiger partial charge < -0.3 is 5.32 Å². The second kappa shape index (κ2) is 3.02. The van der Waals surface area contributed by atoms with Gasteiger partial charge in [-0.3, -0.25) is 0 Å². The van der Waals surface area contributed by atoms with Crippen LogP contribution in [0.2, 0.25) is 0 Å². The van der Waals surface area contributed by atoms with E-state index in [2.05, 4.69) is 18.3 Å². The molecule has 0 fully saturated rings. The van der Waals surface area contributed by atoms with Crippen LogP contribution in [-0.2, 0) is 0 Å². The lowest BCUT2D eigenvalue weighted by Gasteiger charge is -2.19. The minimum Gasteiger partial charge on any atom is -0.317 e. The van der Waals surface area contributed by atoms with Crippen LogP contribution in [0, 0.1) is 0 Å². The molecule has 1 aliphatic carbocycles. The molecule has 0 amide bonds. The highest BCUT2D eigenvalue weighted by Crippen LogP contribution is 2.16. The van der Waals surface area contributed by atoms with E-state index < -0.39 is 0 Å². The fourth-order valence-electron chi connectivity index (χ4n) is 1.35. The first-order chi connectivity index (χ1) is 4.33. The van der Waals surface area contributed by atoms with Gasteiger partial charge in [0.1, 0.15) is 0 Å². The fourth-order valence-corrected chi connectivity index (χ4v) is 1.35. The van der Waals surface area contributed by atoms with Crippen molar-refractivity contribution in [3.63, 3.8) is 0 Å². The van der Waals surface area contributed by atoms with Crippen molar-refractivity contribution in [3.8, 4) is 0 Å². The lowest BCUT2D eigenvalue weighted by molar-refractivity contribution is 0.503. The van der Waals surface area contributed by atoms with Gasteiger partial charge in [0, 0.05) is 6.04 Å². The molecule has 0 saturated heterocycles. The van der Waals surface area contributed by atoms with Crippen LogP contribution in [0.1, 0.15) is 26.2 Å². The van der Waals surface area contributed by atoms with Gasteiger partial charge in [-0.15, -0.1) is 0 Å². The fraction of sp³-hybridized carbons (Fsp3) is 0.750. The predicted molar refractivity (Wildman–Crippen MR) is 40.5 cm³/mol. The third-order valence-electron chi connectivity index (χ3n) is 1.98. The van der Waals surface area contributed by atoms with Gasteiger partial charge in [0.05, 0.1) is 0 Å². The first-order valence-corrected chi connectivity index (χ1v) is 3.66. The normalized spacial score (nSPS) is 27.8. The molecule has 0 radical (unpaired) electrons. The topological polar surface area (TPSA) is 12.0 Å². The highest BCUT2D eigenvalue weighted by Gasteiger charge is 2.09. The summed E-state index contributed by atoms with van der Waals surface area (Å²) in [5, 5.41) is 3.29. The van der Waals surface area contributed by atoms with Crippen LogP contribution < -0.4 is 5.32 Å². The second-order valence-electron chi connectivity index (χ2n) is 2.82. The Morgan fingerprint density at radius 2 is 2.44 bits per heavy atom. The molecule has 1 atom stereocenters. The molecule has 1 rings (SSSR count). The molecular formula is C8H15N. The Balaban J connectivity index is 2.39. The SMILES string of the molecule is CN[C@H]1CCC=C(C)C1. The van der Waals surface area contributed by atoms with Gasteiger partial charge in [-0.1, -0.05) is 11.6 Å². The summed E-state index contributed by atoms with van der Waals surface area (Å²) in [4.78, 5) is 0. The first-order valence-electron chi connectivity index (χ1n) is 3.66. The van der Waals surface area contributed by atoms with E-state index >= 15 is 0 Å². The van der Waals surface area contributed by atoms with Gasteiger partial charge in [0.15, 0.2) is 0 Å². The monoisotopic (exact) mass is 125 g/mol. The highest BCUT2D eigenvalue weighted by molar-refractivity contribution is 5.04. The second-order valence-corrected chi connectivity index (χ2v) is 2.82. The van der Waals surface area contributed by atoms with Gasteiger partial charge >= 0.3 is 0 Å². The molecule has 0 spiro atoms. The zero-order chi connectivity index (χ0) is 6.69. The Morgan fingerprint density at radius 1 is 1.67 bits per heavy atom. The molecule has 0 saturated carbocycles. The van der Waals surface area contributed by atoms with Gasteiger partial charge in [-0.05, 0) is 33.2 Å². The van der Waals surface area contributed by atoms with E-state index in [4.69, 9.17) is 0 Å². The molecule has 0 aromatic heterocycles. The molecule has 1 nitrogen and oxygen atoms in total. The molecule has 1 aliphatic rings. The Bertz CT molecular complexity index is 116. The first kappa shape index (κ1) is 6.81. The van der Waals surface area contributed by atoms with Crippen LogP contribution >= 0.6 is 0 Å². The number of hydrogen-bond acceptors (Lipinski definition) is 1. The molecule has 1 N–H and O–H groups in total. The summed E-state index contributed by atoms with van der Waals surface area (Å²) in [6.45, 7) is 2.21. The maximum atomic E-state index is 3.29. The Morgan fingerprint density at radius 3 is 2.89 bits per heavy atom.